The van der Waals surface area contributed by atoms with Crippen molar-refractivity contribution in [2.24, 2.45) is 0 Å². The van der Waals surface area contributed by atoms with Crippen molar-refractivity contribution in [2.45, 2.75) is 29.7 Å². The Kier molecular flexibility index (Phi) is 2.38. The van der Waals surface area contributed by atoms with Gasteiger partial charge in [0.25, 0.3) is 0 Å². The molecule has 1 aromatic rings. The Morgan fingerprint density at radius 1 is 1.42 bits per heavy atom. The maximum Gasteiger partial charge on any atom is 0.0728 e. The van der Waals surface area contributed by atoms with Gasteiger partial charge in [0.2, 0.25) is 0 Å². The van der Waals surface area contributed by atoms with Crippen LogP contribution in [0.4, 0.5) is 0 Å². The predicted molar refractivity (Wildman–Crippen MR) is 50.5 cm³/mol. The molecule has 0 bridgehead atoms. The van der Waals surface area contributed by atoms with Crippen molar-refractivity contribution < 1.29 is 4.74 Å². The summed E-state index contributed by atoms with van der Waals surface area (Å²) in [6.45, 7) is 3.78. The van der Waals surface area contributed by atoms with Crippen molar-refractivity contribution in [1.29, 1.82) is 0 Å². The van der Waals surface area contributed by atoms with Gasteiger partial charge in [-0.25, -0.2) is 0 Å². The lowest BCUT2D eigenvalue weighted by molar-refractivity contribution is 0.120. The summed E-state index contributed by atoms with van der Waals surface area (Å²) in [6.07, 6.45) is 1.10. The van der Waals surface area contributed by atoms with Gasteiger partial charge in [-0.1, -0.05) is 30.8 Å². The van der Waals surface area contributed by atoms with Crippen LogP contribution in [0, 0.1) is 0 Å². The Morgan fingerprint density at radius 2 is 2.33 bits per heavy atom. The lowest BCUT2D eigenvalue weighted by Crippen LogP contribution is -1.93. The van der Waals surface area contributed by atoms with Crippen LogP contribution in [0.15, 0.2) is 28.0 Å². The van der Waals surface area contributed by atoms with E-state index in [1.807, 2.05) is 11.8 Å². The molecule has 1 heterocycles. The Balaban J connectivity index is 1.93. The lowest BCUT2D eigenvalue weighted by atomic mass is 10.2. The largest absolute Gasteiger partial charge is 0.377 e. The highest BCUT2D eigenvalue weighted by molar-refractivity contribution is 8.05. The van der Waals surface area contributed by atoms with E-state index >= 15 is 0 Å². The van der Waals surface area contributed by atoms with Crippen molar-refractivity contribution in [1.82, 2.24) is 0 Å². The molecule has 2 heteroatoms. The zero-order valence-electron chi connectivity index (χ0n) is 7.17. The van der Waals surface area contributed by atoms with Crippen LogP contribution < -0.4 is 0 Å². The zero-order valence-corrected chi connectivity index (χ0v) is 7.99. The first-order chi connectivity index (χ1) is 5.92. The van der Waals surface area contributed by atoms with Gasteiger partial charge in [-0.3, -0.25) is 0 Å². The molecule has 0 radical (unpaired) electrons. The van der Waals surface area contributed by atoms with E-state index in [9.17, 15) is 0 Å². The van der Waals surface area contributed by atoms with Gasteiger partial charge in [-0.15, -0.1) is 0 Å². The van der Waals surface area contributed by atoms with Crippen LogP contribution in [0.1, 0.15) is 18.9 Å². The monoisotopic (exact) mass is 180 g/mol. The fourth-order valence-electron chi connectivity index (χ4n) is 1.19. The first-order valence-corrected chi connectivity index (χ1v) is 5.11. The summed E-state index contributed by atoms with van der Waals surface area (Å²) in [5.74, 6) is 0. The van der Waals surface area contributed by atoms with E-state index in [4.69, 9.17) is 4.74 Å². The van der Waals surface area contributed by atoms with Crippen molar-refractivity contribution in [2.75, 3.05) is 6.61 Å². The molecule has 1 aliphatic rings. The summed E-state index contributed by atoms with van der Waals surface area (Å²) < 4.78 is 5.47. The molecule has 12 heavy (non-hydrogen) atoms. The van der Waals surface area contributed by atoms with Crippen molar-refractivity contribution in [3.05, 3.63) is 23.8 Å². The molecule has 0 fully saturated rings. The van der Waals surface area contributed by atoms with Gasteiger partial charge < -0.3 is 4.74 Å². The van der Waals surface area contributed by atoms with E-state index in [0.29, 0.717) is 0 Å². The standard InChI is InChI=1S/C10H12OS/c1-2-6-11-7-8-4-3-5-9-10(8)12-9/h3-5H,2,6-7H2,1H3. The summed E-state index contributed by atoms with van der Waals surface area (Å²) in [6, 6.07) is 6.40. The average molecular weight is 180 g/mol. The Bertz CT molecular complexity index is 283. The molecule has 0 amide bonds. The molecular weight excluding hydrogens is 168 g/mol. The second kappa shape index (κ2) is 3.50. The quantitative estimate of drug-likeness (QED) is 0.528. The number of hydrogen-bond donors (Lipinski definition) is 0. The second-order valence-corrected chi connectivity index (χ2v) is 3.95. The summed E-state index contributed by atoms with van der Waals surface area (Å²) >= 11 is 1.86. The molecule has 0 saturated heterocycles. The van der Waals surface area contributed by atoms with Crippen molar-refractivity contribution in [3.63, 3.8) is 0 Å². The van der Waals surface area contributed by atoms with Gasteiger partial charge in [-0.2, -0.15) is 0 Å². The molecule has 1 aliphatic heterocycles. The van der Waals surface area contributed by atoms with E-state index in [1.165, 1.54) is 15.4 Å². The summed E-state index contributed by atoms with van der Waals surface area (Å²) in [4.78, 5) is 2.86. The summed E-state index contributed by atoms with van der Waals surface area (Å²) in [5.41, 5.74) is 1.35. The smallest absolute Gasteiger partial charge is 0.0728 e. The highest BCUT2D eigenvalue weighted by Gasteiger charge is 2.21. The molecule has 0 aromatic heterocycles. The molecular formula is C10H12OS. The fraction of sp³-hybridized carbons (Fsp3) is 0.400. The third kappa shape index (κ3) is 1.65. The molecule has 0 aliphatic carbocycles. The predicted octanol–water partition coefficient (Wildman–Crippen LogP) is 3.08. The number of hydrogen-bond acceptors (Lipinski definition) is 2. The van der Waals surface area contributed by atoms with Gasteiger partial charge >= 0.3 is 0 Å². The topological polar surface area (TPSA) is 9.23 Å². The van der Waals surface area contributed by atoms with Crippen LogP contribution in [0.5, 0.6) is 0 Å². The van der Waals surface area contributed by atoms with Gasteiger partial charge in [0, 0.05) is 16.4 Å². The van der Waals surface area contributed by atoms with Crippen LogP contribution in [0.25, 0.3) is 0 Å². The Hall–Kier alpha value is -0.470. The minimum atomic E-state index is 0.782. The third-order valence-corrected chi connectivity index (χ3v) is 2.88. The second-order valence-electron chi connectivity index (χ2n) is 2.90. The van der Waals surface area contributed by atoms with E-state index < -0.39 is 0 Å². The Morgan fingerprint density at radius 3 is 3.17 bits per heavy atom. The van der Waals surface area contributed by atoms with E-state index in [1.54, 1.807) is 0 Å². The van der Waals surface area contributed by atoms with Crippen molar-refractivity contribution in [3.8, 4) is 0 Å². The maximum atomic E-state index is 5.47. The number of ether oxygens (including phenoxy) is 1. The first kappa shape index (κ1) is 8.14. The van der Waals surface area contributed by atoms with Crippen molar-refractivity contribution >= 4 is 11.8 Å². The molecule has 0 atom stereocenters. The average Bonchev–Trinajstić information content (AvgIpc) is 2.84. The molecule has 0 spiro atoms. The first-order valence-electron chi connectivity index (χ1n) is 4.29. The highest BCUT2D eigenvalue weighted by Crippen LogP contribution is 2.50. The molecule has 1 aromatic carbocycles. The van der Waals surface area contributed by atoms with Gasteiger partial charge in [-0.05, 0) is 18.1 Å². The van der Waals surface area contributed by atoms with Crippen LogP contribution in [0.3, 0.4) is 0 Å². The van der Waals surface area contributed by atoms with E-state index in [-0.39, 0.29) is 0 Å². The SMILES string of the molecule is CCCOCc1cccc2c1S2. The van der Waals surface area contributed by atoms with Crippen LogP contribution >= 0.6 is 11.8 Å². The van der Waals surface area contributed by atoms with Crippen LogP contribution in [-0.4, -0.2) is 6.61 Å². The highest BCUT2D eigenvalue weighted by atomic mass is 32.2. The third-order valence-electron chi connectivity index (χ3n) is 1.84. The van der Waals surface area contributed by atoms with E-state index in [2.05, 4.69) is 25.1 Å². The lowest BCUT2D eigenvalue weighted by Gasteiger charge is -2.00. The number of benzene rings is 1. The molecule has 0 unspecified atom stereocenters. The fourth-order valence-corrected chi connectivity index (χ4v) is 1.96. The van der Waals surface area contributed by atoms with Crippen LogP contribution in [-0.2, 0) is 11.3 Å². The molecule has 2 rings (SSSR count). The zero-order chi connectivity index (χ0) is 8.39. The summed E-state index contributed by atoms with van der Waals surface area (Å²) in [5, 5.41) is 0. The Labute approximate surface area is 77.1 Å². The molecule has 64 valence electrons. The van der Waals surface area contributed by atoms with E-state index in [0.717, 1.165) is 19.6 Å². The molecule has 0 N–H and O–H groups in total. The normalized spacial score (nSPS) is 12.8. The number of fused-ring (bicyclic) bond motifs is 1. The summed E-state index contributed by atoms with van der Waals surface area (Å²) in [7, 11) is 0. The molecule has 1 nitrogen and oxygen atoms in total. The van der Waals surface area contributed by atoms with Crippen LogP contribution in [0.2, 0.25) is 0 Å². The number of rotatable bonds is 4. The van der Waals surface area contributed by atoms with Gasteiger partial charge in [0.15, 0.2) is 0 Å². The minimum Gasteiger partial charge on any atom is -0.377 e. The maximum absolute atomic E-state index is 5.47. The van der Waals surface area contributed by atoms with Gasteiger partial charge in [0.05, 0.1) is 6.61 Å². The minimum absolute atomic E-state index is 0.782. The molecule has 0 saturated carbocycles. The van der Waals surface area contributed by atoms with Gasteiger partial charge in [0.1, 0.15) is 0 Å².